The standard InChI is InChI=1S/C19H16N2S/c1-11-8-9-20-16(10-11)14-6-4-12(2)17-15-7-5-13(3)21-19(15)22-18(14)17/h4-10H,1-3H3/i1D3,2D3,3D3. The third-order valence-electron chi connectivity index (χ3n) is 3.52. The fourth-order valence-corrected chi connectivity index (χ4v) is 3.76. The molecule has 108 valence electrons. The molecule has 0 saturated heterocycles. The van der Waals surface area contributed by atoms with Crippen LogP contribution >= 0.6 is 11.3 Å². The highest BCUT2D eigenvalue weighted by Gasteiger charge is 2.14. The second-order valence-corrected chi connectivity index (χ2v) is 5.94. The van der Waals surface area contributed by atoms with Crippen LogP contribution in [0.5, 0.6) is 0 Å². The molecular weight excluding hydrogens is 288 g/mol. The molecule has 3 aromatic heterocycles. The number of thiophene rings is 1. The Morgan fingerprint density at radius 2 is 2.05 bits per heavy atom. The van der Waals surface area contributed by atoms with Gasteiger partial charge in [0.15, 0.2) is 0 Å². The first-order chi connectivity index (χ1) is 14.3. The fraction of sp³-hybridized carbons (Fsp3) is 0.158. The Morgan fingerprint density at radius 3 is 2.91 bits per heavy atom. The molecule has 22 heavy (non-hydrogen) atoms. The Labute approximate surface area is 146 Å². The molecule has 0 N–H and O–H groups in total. The molecule has 1 aromatic carbocycles. The summed E-state index contributed by atoms with van der Waals surface area (Å²) in [6, 6.07) is 8.93. The minimum atomic E-state index is -2.40. The number of rotatable bonds is 1. The summed E-state index contributed by atoms with van der Waals surface area (Å²) in [6.07, 6.45) is 1.40. The summed E-state index contributed by atoms with van der Waals surface area (Å²) in [5.74, 6) is 0. The van der Waals surface area contributed by atoms with E-state index in [0.717, 1.165) is 0 Å². The lowest BCUT2D eigenvalue weighted by molar-refractivity contribution is 1.27. The lowest BCUT2D eigenvalue weighted by atomic mass is 10.0. The number of pyridine rings is 2. The van der Waals surface area contributed by atoms with E-state index in [4.69, 9.17) is 12.3 Å². The first kappa shape index (κ1) is 6.88. The van der Waals surface area contributed by atoms with Crippen LogP contribution in [0.15, 0.2) is 42.6 Å². The van der Waals surface area contributed by atoms with Gasteiger partial charge in [-0.3, -0.25) is 4.98 Å². The van der Waals surface area contributed by atoms with E-state index in [0.29, 0.717) is 31.6 Å². The van der Waals surface area contributed by atoms with Gasteiger partial charge in [0.1, 0.15) is 4.83 Å². The molecule has 0 atom stereocenters. The summed E-state index contributed by atoms with van der Waals surface area (Å²) in [7, 11) is 0. The van der Waals surface area contributed by atoms with Crippen molar-refractivity contribution in [2.75, 3.05) is 0 Å². The highest BCUT2D eigenvalue weighted by molar-refractivity contribution is 7.26. The average molecular weight is 313 g/mol. The first-order valence-corrected chi connectivity index (χ1v) is 7.42. The molecule has 4 rings (SSSR count). The third-order valence-corrected chi connectivity index (χ3v) is 4.65. The molecule has 0 spiro atoms. The van der Waals surface area contributed by atoms with E-state index < -0.39 is 20.6 Å². The van der Waals surface area contributed by atoms with E-state index in [1.165, 1.54) is 41.8 Å². The zero-order valence-electron chi connectivity index (χ0n) is 20.3. The van der Waals surface area contributed by atoms with Crippen LogP contribution in [0.2, 0.25) is 0 Å². The summed E-state index contributed by atoms with van der Waals surface area (Å²) in [5, 5.41) is 0.983. The van der Waals surface area contributed by atoms with Crippen molar-refractivity contribution in [3.05, 3.63) is 59.4 Å². The minimum Gasteiger partial charge on any atom is -0.256 e. The number of nitrogens with zero attached hydrogens (tertiary/aromatic N) is 2. The average Bonchev–Trinajstić information content (AvgIpc) is 3.04. The molecule has 0 fully saturated rings. The Bertz CT molecular complexity index is 1300. The van der Waals surface area contributed by atoms with E-state index in [1.807, 2.05) is 0 Å². The zero-order valence-corrected chi connectivity index (χ0v) is 12.2. The van der Waals surface area contributed by atoms with Crippen molar-refractivity contribution in [3.8, 4) is 11.3 Å². The van der Waals surface area contributed by atoms with Crippen LogP contribution in [0.25, 0.3) is 31.6 Å². The van der Waals surface area contributed by atoms with E-state index in [1.54, 1.807) is 12.1 Å². The monoisotopic (exact) mass is 313 g/mol. The van der Waals surface area contributed by atoms with Gasteiger partial charge in [-0.15, -0.1) is 11.3 Å². The smallest absolute Gasteiger partial charge is 0.124 e. The van der Waals surface area contributed by atoms with Crippen molar-refractivity contribution < 1.29 is 12.3 Å². The van der Waals surface area contributed by atoms with E-state index in [-0.39, 0.29) is 16.8 Å². The highest BCUT2D eigenvalue weighted by atomic mass is 32.1. The van der Waals surface area contributed by atoms with Gasteiger partial charge in [0.05, 0.1) is 5.69 Å². The second kappa shape index (κ2) is 4.89. The van der Waals surface area contributed by atoms with Crippen LogP contribution in [-0.4, -0.2) is 9.97 Å². The maximum atomic E-state index is 7.94. The number of aromatic nitrogens is 2. The van der Waals surface area contributed by atoms with Crippen molar-refractivity contribution in [2.45, 2.75) is 20.6 Å². The topological polar surface area (TPSA) is 25.8 Å². The summed E-state index contributed by atoms with van der Waals surface area (Å²) in [4.78, 5) is 8.95. The van der Waals surface area contributed by atoms with Gasteiger partial charge in [0.2, 0.25) is 0 Å². The van der Waals surface area contributed by atoms with Gasteiger partial charge in [0, 0.05) is 45.3 Å². The summed E-state index contributed by atoms with van der Waals surface area (Å²) >= 11 is 1.17. The lowest BCUT2D eigenvalue weighted by Crippen LogP contribution is -1.86. The molecule has 0 aliphatic carbocycles. The normalized spacial score (nSPS) is 19.2. The number of hydrogen-bond acceptors (Lipinski definition) is 3. The minimum absolute atomic E-state index is 0.0777. The second-order valence-electron chi connectivity index (χ2n) is 4.95. The SMILES string of the molecule is [2H]C([2H])([2H])c1ccnc(-c2ccc(C([2H])([2H])[2H])c3c2sc2nc(C([2H])([2H])[2H])ccc23)c1. The van der Waals surface area contributed by atoms with Gasteiger partial charge in [-0.05, 0) is 55.9 Å². The summed E-state index contributed by atoms with van der Waals surface area (Å²) < 4.78 is 70.2. The Hall–Kier alpha value is -2.26. The molecular formula is C19H16N2S. The van der Waals surface area contributed by atoms with E-state index in [2.05, 4.69) is 9.97 Å². The Kier molecular flexibility index (Phi) is 1.53. The molecule has 0 unspecified atom stereocenters. The molecule has 0 amide bonds. The molecule has 0 radical (unpaired) electrons. The molecule has 2 nitrogen and oxygen atoms in total. The van der Waals surface area contributed by atoms with Crippen molar-refractivity contribution in [1.82, 2.24) is 9.97 Å². The van der Waals surface area contributed by atoms with Gasteiger partial charge in [0.25, 0.3) is 0 Å². The van der Waals surface area contributed by atoms with Gasteiger partial charge in [-0.25, -0.2) is 4.98 Å². The van der Waals surface area contributed by atoms with Crippen LogP contribution in [0, 0.1) is 20.6 Å². The van der Waals surface area contributed by atoms with Gasteiger partial charge in [-0.1, -0.05) is 12.1 Å². The number of fused-ring (bicyclic) bond motifs is 3. The van der Waals surface area contributed by atoms with Gasteiger partial charge >= 0.3 is 0 Å². The first-order valence-electron chi connectivity index (χ1n) is 11.1. The molecule has 3 heteroatoms. The zero-order chi connectivity index (χ0) is 22.8. The van der Waals surface area contributed by atoms with Gasteiger partial charge < -0.3 is 0 Å². The largest absolute Gasteiger partial charge is 0.256 e. The maximum Gasteiger partial charge on any atom is 0.124 e. The Morgan fingerprint density at radius 1 is 1.05 bits per heavy atom. The maximum absolute atomic E-state index is 7.94. The molecule has 0 bridgehead atoms. The van der Waals surface area contributed by atoms with E-state index in [9.17, 15) is 0 Å². The molecule has 0 saturated carbocycles. The number of aryl methyl sites for hydroxylation is 3. The van der Waals surface area contributed by atoms with Crippen molar-refractivity contribution in [1.29, 1.82) is 0 Å². The summed E-state index contributed by atoms with van der Waals surface area (Å²) in [6.45, 7) is -7.11. The molecule has 0 aliphatic heterocycles. The van der Waals surface area contributed by atoms with Gasteiger partial charge in [-0.2, -0.15) is 0 Å². The van der Waals surface area contributed by atoms with Crippen molar-refractivity contribution in [3.63, 3.8) is 0 Å². The van der Waals surface area contributed by atoms with Crippen LogP contribution in [-0.2, 0) is 0 Å². The predicted octanol–water partition coefficient (Wildman–Crippen LogP) is 5.44. The third kappa shape index (κ3) is 2.01. The molecule has 4 aromatic rings. The van der Waals surface area contributed by atoms with Crippen molar-refractivity contribution >= 4 is 31.6 Å². The van der Waals surface area contributed by atoms with Crippen molar-refractivity contribution in [2.24, 2.45) is 0 Å². The predicted molar refractivity (Wildman–Crippen MR) is 94.6 cm³/mol. The van der Waals surface area contributed by atoms with Crippen LogP contribution in [0.4, 0.5) is 0 Å². The fourth-order valence-electron chi connectivity index (χ4n) is 2.54. The summed E-state index contributed by atoms with van der Waals surface area (Å²) in [5.41, 5.74) is 1.11. The highest BCUT2D eigenvalue weighted by Crippen LogP contribution is 2.40. The van der Waals surface area contributed by atoms with Crippen LogP contribution in [0.3, 0.4) is 0 Å². The molecule has 0 aliphatic rings. The number of benzene rings is 1. The van der Waals surface area contributed by atoms with Crippen LogP contribution in [0.1, 0.15) is 29.2 Å². The lowest BCUT2D eigenvalue weighted by Gasteiger charge is -2.05. The van der Waals surface area contributed by atoms with Crippen LogP contribution < -0.4 is 0 Å². The number of hydrogen-bond donors (Lipinski definition) is 0. The Balaban J connectivity index is 2.07. The van der Waals surface area contributed by atoms with E-state index >= 15 is 0 Å². The quantitative estimate of drug-likeness (QED) is 0.468. The molecule has 3 heterocycles.